The Hall–Kier alpha value is -1.85. The normalized spacial score (nSPS) is 12.1. The molecule has 0 fully saturated rings. The van der Waals surface area contributed by atoms with Crippen molar-refractivity contribution in [2.24, 2.45) is 0 Å². The van der Waals surface area contributed by atoms with Crippen LogP contribution in [0, 0.1) is 0 Å². The molecule has 25 heavy (non-hydrogen) atoms. The average molecular weight is 406 g/mol. The van der Waals surface area contributed by atoms with Crippen molar-refractivity contribution in [2.45, 2.75) is 39.5 Å². The zero-order valence-electron chi connectivity index (χ0n) is 15.0. The van der Waals surface area contributed by atoms with Gasteiger partial charge in [-0.05, 0) is 72.1 Å². The van der Waals surface area contributed by atoms with E-state index in [4.69, 9.17) is 9.47 Å². The monoisotopic (exact) mass is 405 g/mol. The third kappa shape index (κ3) is 5.58. The number of amides is 1. The van der Waals surface area contributed by atoms with Crippen molar-refractivity contribution >= 4 is 21.8 Å². The van der Waals surface area contributed by atoms with E-state index < -0.39 is 0 Å². The summed E-state index contributed by atoms with van der Waals surface area (Å²) in [6, 6.07) is 13.2. The van der Waals surface area contributed by atoms with Gasteiger partial charge in [-0.25, -0.2) is 0 Å². The lowest BCUT2D eigenvalue weighted by Crippen LogP contribution is -2.26. The van der Waals surface area contributed by atoms with Crippen LogP contribution in [-0.4, -0.2) is 19.1 Å². The number of rotatable bonds is 7. The average Bonchev–Trinajstić information content (AvgIpc) is 2.60. The molecule has 1 N–H and O–H groups in total. The molecule has 5 heteroatoms. The summed E-state index contributed by atoms with van der Waals surface area (Å²) in [6.07, 6.45) is 0.188. The van der Waals surface area contributed by atoms with Crippen LogP contribution in [-0.2, 0) is 11.3 Å². The van der Waals surface area contributed by atoms with Gasteiger partial charge in [0.25, 0.3) is 5.91 Å². The highest BCUT2D eigenvalue weighted by atomic mass is 79.9. The van der Waals surface area contributed by atoms with Gasteiger partial charge >= 0.3 is 0 Å². The molecule has 4 nitrogen and oxygen atoms in total. The second-order valence-corrected chi connectivity index (χ2v) is 7.00. The van der Waals surface area contributed by atoms with E-state index in [2.05, 4.69) is 21.2 Å². The molecule has 0 aliphatic carbocycles. The SMILES string of the molecule is COc1ccc([C@@H](C)NC(=O)c2ccc(COC(C)C)cc2)cc1Br. The maximum Gasteiger partial charge on any atom is 0.251 e. The number of halogens is 1. The van der Waals surface area contributed by atoms with Crippen molar-refractivity contribution in [3.05, 3.63) is 63.6 Å². The third-order valence-corrected chi connectivity index (χ3v) is 4.44. The molecule has 0 bridgehead atoms. The van der Waals surface area contributed by atoms with Crippen molar-refractivity contribution in [2.75, 3.05) is 7.11 Å². The molecule has 2 aromatic rings. The molecule has 1 atom stereocenters. The van der Waals surface area contributed by atoms with Crippen LogP contribution in [0.3, 0.4) is 0 Å². The fourth-order valence-corrected chi connectivity index (χ4v) is 2.89. The summed E-state index contributed by atoms with van der Waals surface area (Å²) in [7, 11) is 1.63. The Labute approximate surface area is 157 Å². The van der Waals surface area contributed by atoms with Crippen LogP contribution >= 0.6 is 15.9 Å². The highest BCUT2D eigenvalue weighted by Gasteiger charge is 2.13. The smallest absolute Gasteiger partial charge is 0.251 e. The summed E-state index contributed by atoms with van der Waals surface area (Å²) in [4.78, 5) is 12.4. The van der Waals surface area contributed by atoms with Gasteiger partial charge in [0.15, 0.2) is 0 Å². The maximum absolute atomic E-state index is 12.4. The zero-order valence-corrected chi connectivity index (χ0v) is 16.6. The molecule has 0 spiro atoms. The van der Waals surface area contributed by atoms with E-state index in [1.807, 2.05) is 63.2 Å². The standard InChI is InChI=1S/C20H24BrNO3/c1-13(2)25-12-15-5-7-16(8-6-15)20(23)22-14(3)17-9-10-19(24-4)18(21)11-17/h5-11,13-14H,12H2,1-4H3,(H,22,23)/t14-/m1/s1. The summed E-state index contributed by atoms with van der Waals surface area (Å²) in [6.45, 7) is 6.51. The van der Waals surface area contributed by atoms with E-state index in [-0.39, 0.29) is 18.1 Å². The molecule has 0 saturated carbocycles. The minimum absolute atomic E-state index is 0.101. The van der Waals surface area contributed by atoms with E-state index in [0.29, 0.717) is 12.2 Å². The Morgan fingerprint density at radius 3 is 2.36 bits per heavy atom. The molecule has 0 radical (unpaired) electrons. The van der Waals surface area contributed by atoms with E-state index in [1.54, 1.807) is 7.11 Å². The molecule has 0 aromatic heterocycles. The highest BCUT2D eigenvalue weighted by molar-refractivity contribution is 9.10. The summed E-state index contributed by atoms with van der Waals surface area (Å²) in [5.41, 5.74) is 2.69. The largest absolute Gasteiger partial charge is 0.496 e. The molecular formula is C20H24BrNO3. The van der Waals surface area contributed by atoms with Gasteiger partial charge in [0, 0.05) is 5.56 Å². The molecule has 134 valence electrons. The molecule has 1 amide bonds. The van der Waals surface area contributed by atoms with Gasteiger partial charge in [-0.3, -0.25) is 4.79 Å². The van der Waals surface area contributed by atoms with Gasteiger partial charge in [-0.2, -0.15) is 0 Å². The van der Waals surface area contributed by atoms with Crippen molar-refractivity contribution < 1.29 is 14.3 Å². The first-order valence-electron chi connectivity index (χ1n) is 8.25. The number of hydrogen-bond acceptors (Lipinski definition) is 3. The molecule has 0 aliphatic heterocycles. The topological polar surface area (TPSA) is 47.6 Å². The third-order valence-electron chi connectivity index (χ3n) is 3.82. The van der Waals surface area contributed by atoms with Crippen molar-refractivity contribution in [1.82, 2.24) is 5.32 Å². The summed E-state index contributed by atoms with van der Waals surface area (Å²) < 4.78 is 11.7. The fraction of sp³-hybridized carbons (Fsp3) is 0.350. The number of benzene rings is 2. The molecule has 0 unspecified atom stereocenters. The summed E-state index contributed by atoms with van der Waals surface area (Å²) >= 11 is 3.47. The summed E-state index contributed by atoms with van der Waals surface area (Å²) in [5.74, 6) is 0.664. The van der Waals surface area contributed by atoms with Crippen LogP contribution < -0.4 is 10.1 Å². The minimum atomic E-state index is -0.112. The summed E-state index contributed by atoms with van der Waals surface area (Å²) in [5, 5.41) is 3.02. The first kappa shape index (κ1) is 19.5. The minimum Gasteiger partial charge on any atom is -0.496 e. The number of ether oxygens (including phenoxy) is 2. The first-order valence-corrected chi connectivity index (χ1v) is 9.05. The zero-order chi connectivity index (χ0) is 18.4. The van der Waals surface area contributed by atoms with E-state index in [0.717, 1.165) is 21.3 Å². The van der Waals surface area contributed by atoms with E-state index >= 15 is 0 Å². The second kappa shape index (κ2) is 9.02. The molecule has 0 saturated heterocycles. The van der Waals surface area contributed by atoms with Crippen LogP contribution in [0.4, 0.5) is 0 Å². The number of carbonyl (C=O) groups is 1. The first-order chi connectivity index (χ1) is 11.9. The Morgan fingerprint density at radius 2 is 1.80 bits per heavy atom. The number of methoxy groups -OCH3 is 1. The maximum atomic E-state index is 12.4. The molecule has 0 aliphatic rings. The van der Waals surface area contributed by atoms with Gasteiger partial charge in [-0.1, -0.05) is 18.2 Å². The van der Waals surface area contributed by atoms with Crippen LogP contribution in [0.25, 0.3) is 0 Å². The molecule has 2 aromatic carbocycles. The van der Waals surface area contributed by atoms with Gasteiger partial charge in [0.1, 0.15) is 5.75 Å². The van der Waals surface area contributed by atoms with Crippen molar-refractivity contribution in [3.8, 4) is 5.75 Å². The van der Waals surface area contributed by atoms with E-state index in [1.165, 1.54) is 0 Å². The number of nitrogens with one attached hydrogen (secondary N) is 1. The number of hydrogen-bond donors (Lipinski definition) is 1. The predicted molar refractivity (Wildman–Crippen MR) is 103 cm³/mol. The lowest BCUT2D eigenvalue weighted by Gasteiger charge is -2.16. The Kier molecular flexibility index (Phi) is 7.02. The van der Waals surface area contributed by atoms with Crippen LogP contribution in [0.2, 0.25) is 0 Å². The van der Waals surface area contributed by atoms with Gasteiger partial charge in [-0.15, -0.1) is 0 Å². The Balaban J connectivity index is 2.00. The van der Waals surface area contributed by atoms with Gasteiger partial charge < -0.3 is 14.8 Å². The lowest BCUT2D eigenvalue weighted by atomic mass is 10.1. The van der Waals surface area contributed by atoms with Crippen LogP contribution in [0.15, 0.2) is 46.9 Å². The number of carbonyl (C=O) groups excluding carboxylic acids is 1. The highest BCUT2D eigenvalue weighted by Crippen LogP contribution is 2.28. The molecule has 0 heterocycles. The second-order valence-electron chi connectivity index (χ2n) is 6.15. The Morgan fingerprint density at radius 1 is 1.12 bits per heavy atom. The van der Waals surface area contributed by atoms with Crippen LogP contribution in [0.1, 0.15) is 48.3 Å². The molecular weight excluding hydrogens is 382 g/mol. The Bertz CT molecular complexity index is 713. The predicted octanol–water partition coefficient (Wildman–Crippen LogP) is 4.87. The van der Waals surface area contributed by atoms with Crippen molar-refractivity contribution in [3.63, 3.8) is 0 Å². The quantitative estimate of drug-likeness (QED) is 0.714. The van der Waals surface area contributed by atoms with Crippen LogP contribution in [0.5, 0.6) is 5.75 Å². The van der Waals surface area contributed by atoms with Crippen molar-refractivity contribution in [1.29, 1.82) is 0 Å². The van der Waals surface area contributed by atoms with E-state index in [9.17, 15) is 4.79 Å². The lowest BCUT2D eigenvalue weighted by molar-refractivity contribution is 0.0656. The van der Waals surface area contributed by atoms with Gasteiger partial charge in [0.05, 0.1) is 30.3 Å². The fourth-order valence-electron chi connectivity index (χ4n) is 2.33. The van der Waals surface area contributed by atoms with Gasteiger partial charge in [0.2, 0.25) is 0 Å². The molecule has 2 rings (SSSR count).